The Morgan fingerprint density at radius 1 is 0.865 bits per heavy atom. The zero-order valence-electron chi connectivity index (χ0n) is 22.8. The number of anilines is 1. The first kappa shape index (κ1) is 25.2. The Hall–Kier alpha value is -3.41. The average molecular weight is 495 g/mol. The lowest BCUT2D eigenvalue weighted by molar-refractivity contribution is 0.229. The first-order valence-electron chi connectivity index (χ1n) is 13.2. The molecule has 2 heterocycles. The largest absolute Gasteiger partial charge is 0.497 e. The number of ether oxygens (including phenoxy) is 1. The highest BCUT2D eigenvalue weighted by molar-refractivity contribution is 6.08. The summed E-state index contributed by atoms with van der Waals surface area (Å²) >= 11 is 0. The fourth-order valence-electron chi connectivity index (χ4n) is 5.28. The van der Waals surface area contributed by atoms with E-state index in [1.807, 2.05) is 6.07 Å². The molecule has 3 aromatic carbocycles. The molecule has 1 saturated heterocycles. The number of hydrogen-bond acceptors (Lipinski definition) is 5. The standard InChI is InChI=1S/C32H38N4O/c1-23-13-14-28-29(21-23)30(25-10-8-11-26(22-25)37-5)31(27-12-7-6-9-24(27)2)33-32(28)36-19-17-35(18-20-36)16-15-34(3)4/h6-14,21-22H,15-20H2,1-5H3. The highest BCUT2D eigenvalue weighted by atomic mass is 16.5. The second-order valence-corrected chi connectivity index (χ2v) is 10.4. The van der Waals surface area contributed by atoms with Crippen LogP contribution in [0.2, 0.25) is 0 Å². The van der Waals surface area contributed by atoms with Crippen LogP contribution in [0.3, 0.4) is 0 Å². The Kier molecular flexibility index (Phi) is 7.45. The molecule has 5 nitrogen and oxygen atoms in total. The van der Waals surface area contributed by atoms with E-state index in [9.17, 15) is 0 Å². The zero-order chi connectivity index (χ0) is 25.9. The predicted molar refractivity (Wildman–Crippen MR) is 156 cm³/mol. The van der Waals surface area contributed by atoms with Gasteiger partial charge in [-0.15, -0.1) is 0 Å². The van der Waals surface area contributed by atoms with Crippen LogP contribution in [-0.4, -0.2) is 75.3 Å². The van der Waals surface area contributed by atoms with Gasteiger partial charge in [0, 0.05) is 55.8 Å². The van der Waals surface area contributed by atoms with Crippen LogP contribution in [0.5, 0.6) is 5.75 Å². The van der Waals surface area contributed by atoms with Crippen LogP contribution < -0.4 is 9.64 Å². The number of piperazine rings is 1. The summed E-state index contributed by atoms with van der Waals surface area (Å²) in [6.07, 6.45) is 0. The molecule has 0 spiro atoms. The van der Waals surface area contributed by atoms with Gasteiger partial charge in [-0.25, -0.2) is 4.98 Å². The van der Waals surface area contributed by atoms with Crippen molar-refractivity contribution < 1.29 is 4.74 Å². The van der Waals surface area contributed by atoms with Gasteiger partial charge in [-0.1, -0.05) is 60.2 Å². The van der Waals surface area contributed by atoms with E-state index in [1.54, 1.807) is 7.11 Å². The highest BCUT2D eigenvalue weighted by Gasteiger charge is 2.24. The maximum absolute atomic E-state index is 5.61. The summed E-state index contributed by atoms with van der Waals surface area (Å²) in [6, 6.07) is 23.8. The summed E-state index contributed by atoms with van der Waals surface area (Å²) in [6.45, 7) is 10.6. The number of fused-ring (bicyclic) bond motifs is 1. The molecule has 1 aliphatic heterocycles. The van der Waals surface area contributed by atoms with Crippen LogP contribution in [-0.2, 0) is 0 Å². The number of nitrogens with zero attached hydrogens (tertiary/aromatic N) is 4. The van der Waals surface area contributed by atoms with Crippen molar-refractivity contribution in [2.45, 2.75) is 13.8 Å². The second kappa shape index (κ2) is 10.9. The van der Waals surface area contributed by atoms with Gasteiger partial charge in [0.15, 0.2) is 0 Å². The molecule has 0 atom stereocenters. The molecule has 0 N–H and O–H groups in total. The lowest BCUT2D eigenvalue weighted by Gasteiger charge is -2.36. The number of rotatable bonds is 7. The maximum atomic E-state index is 5.61. The molecule has 4 aromatic rings. The molecule has 0 saturated carbocycles. The van der Waals surface area contributed by atoms with Crippen molar-refractivity contribution in [3.63, 3.8) is 0 Å². The molecule has 0 bridgehead atoms. The van der Waals surface area contributed by atoms with E-state index in [0.29, 0.717) is 0 Å². The number of likely N-dealkylation sites (N-methyl/N-ethyl adjacent to an activating group) is 1. The van der Waals surface area contributed by atoms with Gasteiger partial charge in [-0.05, 0) is 56.6 Å². The summed E-state index contributed by atoms with van der Waals surface area (Å²) in [5.41, 5.74) is 6.98. The number of benzene rings is 3. The fourth-order valence-corrected chi connectivity index (χ4v) is 5.28. The smallest absolute Gasteiger partial charge is 0.137 e. The third kappa shape index (κ3) is 5.34. The lowest BCUT2D eigenvalue weighted by atomic mass is 9.91. The molecule has 192 valence electrons. The zero-order valence-corrected chi connectivity index (χ0v) is 22.8. The summed E-state index contributed by atoms with van der Waals surface area (Å²) in [7, 11) is 6.01. The number of methoxy groups -OCH3 is 1. The first-order chi connectivity index (χ1) is 17.9. The van der Waals surface area contributed by atoms with Gasteiger partial charge < -0.3 is 14.5 Å². The minimum Gasteiger partial charge on any atom is -0.497 e. The van der Waals surface area contributed by atoms with Crippen molar-refractivity contribution in [3.8, 4) is 28.1 Å². The van der Waals surface area contributed by atoms with Crippen molar-refractivity contribution in [1.82, 2.24) is 14.8 Å². The molecule has 0 unspecified atom stereocenters. The molecule has 1 aromatic heterocycles. The fraction of sp³-hybridized carbons (Fsp3) is 0.344. The molecular weight excluding hydrogens is 456 g/mol. The Morgan fingerprint density at radius 2 is 1.65 bits per heavy atom. The molecule has 0 radical (unpaired) electrons. The van der Waals surface area contributed by atoms with E-state index in [-0.39, 0.29) is 0 Å². The maximum Gasteiger partial charge on any atom is 0.137 e. The molecular formula is C32H38N4O. The summed E-state index contributed by atoms with van der Waals surface area (Å²) in [5.74, 6) is 1.94. The predicted octanol–water partition coefficient (Wildman–Crippen LogP) is 5.88. The normalized spacial score (nSPS) is 14.5. The summed E-state index contributed by atoms with van der Waals surface area (Å²) < 4.78 is 5.61. The third-order valence-corrected chi connectivity index (χ3v) is 7.43. The lowest BCUT2D eigenvalue weighted by Crippen LogP contribution is -2.48. The van der Waals surface area contributed by atoms with E-state index >= 15 is 0 Å². The summed E-state index contributed by atoms with van der Waals surface area (Å²) in [5, 5.41) is 2.45. The van der Waals surface area contributed by atoms with Gasteiger partial charge in [-0.3, -0.25) is 4.90 Å². The minimum absolute atomic E-state index is 0.854. The van der Waals surface area contributed by atoms with Crippen molar-refractivity contribution >= 4 is 16.6 Å². The van der Waals surface area contributed by atoms with Crippen molar-refractivity contribution in [3.05, 3.63) is 77.9 Å². The van der Waals surface area contributed by atoms with Gasteiger partial charge in [0.1, 0.15) is 11.6 Å². The van der Waals surface area contributed by atoms with Gasteiger partial charge in [0.2, 0.25) is 0 Å². The molecule has 5 heteroatoms. The number of pyridine rings is 1. The Balaban J connectivity index is 1.68. The monoisotopic (exact) mass is 494 g/mol. The van der Waals surface area contributed by atoms with Crippen molar-refractivity contribution in [2.24, 2.45) is 0 Å². The van der Waals surface area contributed by atoms with E-state index in [1.165, 1.54) is 33.0 Å². The topological polar surface area (TPSA) is 31.8 Å². The van der Waals surface area contributed by atoms with Crippen LogP contribution in [0.4, 0.5) is 5.82 Å². The molecule has 0 aliphatic carbocycles. The highest BCUT2D eigenvalue weighted by Crippen LogP contribution is 2.42. The van der Waals surface area contributed by atoms with Crippen LogP contribution in [0.15, 0.2) is 66.7 Å². The van der Waals surface area contributed by atoms with E-state index in [4.69, 9.17) is 9.72 Å². The molecule has 0 amide bonds. The molecule has 5 rings (SSSR count). The Morgan fingerprint density at radius 3 is 2.38 bits per heavy atom. The number of aromatic nitrogens is 1. The first-order valence-corrected chi connectivity index (χ1v) is 13.2. The number of hydrogen-bond donors (Lipinski definition) is 0. The summed E-state index contributed by atoms with van der Waals surface area (Å²) in [4.78, 5) is 12.8. The molecule has 37 heavy (non-hydrogen) atoms. The quantitative estimate of drug-likeness (QED) is 0.320. The van der Waals surface area contributed by atoms with Crippen LogP contribution in [0.25, 0.3) is 33.2 Å². The Bertz CT molecular complexity index is 1390. The molecule has 1 fully saturated rings. The van der Waals surface area contributed by atoms with Crippen molar-refractivity contribution in [2.75, 3.05) is 65.4 Å². The third-order valence-electron chi connectivity index (χ3n) is 7.43. The van der Waals surface area contributed by atoms with Crippen LogP contribution in [0.1, 0.15) is 11.1 Å². The Labute approximate surface area is 221 Å². The van der Waals surface area contributed by atoms with Gasteiger partial charge in [0.25, 0.3) is 0 Å². The van der Waals surface area contributed by atoms with E-state index < -0.39 is 0 Å². The van der Waals surface area contributed by atoms with E-state index in [0.717, 1.165) is 62.1 Å². The second-order valence-electron chi connectivity index (χ2n) is 10.4. The number of aryl methyl sites for hydroxylation is 2. The minimum atomic E-state index is 0.854. The van der Waals surface area contributed by atoms with Crippen LogP contribution >= 0.6 is 0 Å². The SMILES string of the molecule is COc1cccc(-c2c(-c3ccccc3C)nc(N3CCN(CCN(C)C)CC3)c3ccc(C)cc23)c1. The average Bonchev–Trinajstić information content (AvgIpc) is 2.91. The van der Waals surface area contributed by atoms with Crippen LogP contribution in [0, 0.1) is 13.8 Å². The van der Waals surface area contributed by atoms with Gasteiger partial charge >= 0.3 is 0 Å². The van der Waals surface area contributed by atoms with Gasteiger partial charge in [0.05, 0.1) is 12.8 Å². The van der Waals surface area contributed by atoms with E-state index in [2.05, 4.69) is 103 Å². The molecule has 1 aliphatic rings. The van der Waals surface area contributed by atoms with Crippen molar-refractivity contribution in [1.29, 1.82) is 0 Å². The van der Waals surface area contributed by atoms with Gasteiger partial charge in [-0.2, -0.15) is 0 Å².